The predicted molar refractivity (Wildman–Crippen MR) is 67.1 cm³/mol. The van der Waals surface area contributed by atoms with Crippen molar-refractivity contribution in [3.05, 3.63) is 0 Å². The average Bonchev–Trinajstić information content (AvgIpc) is 2.28. The van der Waals surface area contributed by atoms with Gasteiger partial charge in [-0.3, -0.25) is 4.79 Å². The molecule has 1 aliphatic carbocycles. The maximum Gasteiger partial charge on any atom is 0.240 e. The molecule has 3 nitrogen and oxygen atoms in total. The number of amides is 1. The highest BCUT2D eigenvalue weighted by Gasteiger charge is 2.32. The zero-order chi connectivity index (χ0) is 12.2. The van der Waals surface area contributed by atoms with Crippen molar-refractivity contribution in [1.29, 1.82) is 0 Å². The molecule has 2 atom stereocenters. The molecular weight excluding hydrogens is 200 g/mol. The first kappa shape index (κ1) is 13.5. The lowest BCUT2D eigenvalue weighted by molar-refractivity contribution is -0.127. The van der Waals surface area contributed by atoms with Gasteiger partial charge >= 0.3 is 0 Å². The Labute approximate surface area is 99.2 Å². The summed E-state index contributed by atoms with van der Waals surface area (Å²) in [5.74, 6) is 0.770. The minimum atomic E-state index is -0.666. The number of hydrogen-bond donors (Lipinski definition) is 2. The number of rotatable bonds is 4. The first-order chi connectivity index (χ1) is 7.51. The van der Waals surface area contributed by atoms with Gasteiger partial charge in [0.1, 0.15) is 0 Å². The molecule has 0 saturated heterocycles. The molecule has 0 aromatic heterocycles. The Balaban J connectivity index is 2.50. The van der Waals surface area contributed by atoms with E-state index < -0.39 is 5.54 Å². The first-order valence-electron chi connectivity index (χ1n) is 6.61. The Morgan fingerprint density at radius 3 is 2.50 bits per heavy atom. The van der Waals surface area contributed by atoms with Crippen LogP contribution in [-0.4, -0.2) is 17.5 Å². The molecule has 0 radical (unpaired) electrons. The maximum absolute atomic E-state index is 12.1. The van der Waals surface area contributed by atoms with Crippen molar-refractivity contribution in [2.24, 2.45) is 11.7 Å². The van der Waals surface area contributed by atoms with Crippen molar-refractivity contribution in [3.63, 3.8) is 0 Å². The molecule has 1 saturated carbocycles. The van der Waals surface area contributed by atoms with E-state index in [1.165, 1.54) is 12.8 Å². The molecule has 0 aromatic carbocycles. The van der Waals surface area contributed by atoms with E-state index in [9.17, 15) is 4.79 Å². The van der Waals surface area contributed by atoms with Crippen LogP contribution >= 0.6 is 0 Å². The maximum atomic E-state index is 12.1. The molecule has 3 N–H and O–H groups in total. The van der Waals surface area contributed by atoms with E-state index >= 15 is 0 Å². The summed E-state index contributed by atoms with van der Waals surface area (Å²) in [6.45, 7) is 6.22. The van der Waals surface area contributed by atoms with Crippen LogP contribution < -0.4 is 11.1 Å². The van der Waals surface area contributed by atoms with E-state index in [2.05, 4.69) is 12.2 Å². The van der Waals surface area contributed by atoms with Crippen molar-refractivity contribution in [2.75, 3.05) is 0 Å². The molecule has 3 heteroatoms. The van der Waals surface area contributed by atoms with Crippen LogP contribution in [0.1, 0.15) is 59.3 Å². The number of nitrogens with one attached hydrogen (secondary N) is 1. The van der Waals surface area contributed by atoms with Gasteiger partial charge < -0.3 is 11.1 Å². The van der Waals surface area contributed by atoms with Crippen molar-refractivity contribution in [2.45, 2.75) is 70.9 Å². The molecule has 1 fully saturated rings. The van der Waals surface area contributed by atoms with E-state index in [0.29, 0.717) is 18.9 Å². The van der Waals surface area contributed by atoms with Crippen molar-refractivity contribution in [1.82, 2.24) is 5.32 Å². The minimum Gasteiger partial charge on any atom is -0.352 e. The Hall–Kier alpha value is -0.570. The molecule has 2 unspecified atom stereocenters. The molecular formula is C13H26N2O. The van der Waals surface area contributed by atoms with Gasteiger partial charge in [0.25, 0.3) is 0 Å². The molecule has 0 bridgehead atoms. The summed E-state index contributed by atoms with van der Waals surface area (Å²) in [6, 6.07) is 0.345. The third-order valence-electron chi connectivity index (χ3n) is 3.99. The second kappa shape index (κ2) is 5.67. The highest BCUT2D eigenvalue weighted by molar-refractivity contribution is 5.86. The third-order valence-corrected chi connectivity index (χ3v) is 3.99. The highest BCUT2D eigenvalue weighted by atomic mass is 16.2. The van der Waals surface area contributed by atoms with E-state index in [1.54, 1.807) is 0 Å². The zero-order valence-electron chi connectivity index (χ0n) is 10.9. The van der Waals surface area contributed by atoms with E-state index in [-0.39, 0.29) is 5.91 Å². The molecule has 1 rings (SSSR count). The minimum absolute atomic E-state index is 0.0385. The summed E-state index contributed by atoms with van der Waals surface area (Å²) >= 11 is 0. The smallest absolute Gasteiger partial charge is 0.240 e. The third kappa shape index (κ3) is 3.21. The van der Waals surface area contributed by atoms with E-state index in [1.807, 2.05) is 13.8 Å². The second-order valence-corrected chi connectivity index (χ2v) is 5.31. The normalized spacial score (nSPS) is 26.5. The summed E-state index contributed by atoms with van der Waals surface area (Å²) < 4.78 is 0. The van der Waals surface area contributed by atoms with Gasteiger partial charge in [-0.2, -0.15) is 0 Å². The Bertz CT molecular complexity index is 236. The van der Waals surface area contributed by atoms with Crippen LogP contribution in [0.4, 0.5) is 0 Å². The van der Waals surface area contributed by atoms with Gasteiger partial charge in [0.05, 0.1) is 5.54 Å². The lowest BCUT2D eigenvalue weighted by atomic mass is 9.86. The van der Waals surface area contributed by atoms with Gasteiger partial charge in [0, 0.05) is 6.04 Å². The van der Waals surface area contributed by atoms with Crippen LogP contribution in [0.2, 0.25) is 0 Å². The lowest BCUT2D eigenvalue weighted by Crippen LogP contribution is -2.56. The number of hydrogen-bond acceptors (Lipinski definition) is 2. The lowest BCUT2D eigenvalue weighted by Gasteiger charge is -2.32. The molecule has 1 amide bonds. The summed E-state index contributed by atoms with van der Waals surface area (Å²) in [6.07, 6.45) is 6.15. The molecule has 16 heavy (non-hydrogen) atoms. The fraction of sp³-hybridized carbons (Fsp3) is 0.923. The predicted octanol–water partition coefficient (Wildman–Crippen LogP) is 2.20. The number of carbonyl (C=O) groups is 1. The van der Waals surface area contributed by atoms with Crippen molar-refractivity contribution >= 4 is 5.91 Å². The van der Waals surface area contributed by atoms with Gasteiger partial charge in [0.15, 0.2) is 0 Å². The Morgan fingerprint density at radius 1 is 1.38 bits per heavy atom. The summed E-state index contributed by atoms with van der Waals surface area (Å²) in [5, 5.41) is 3.13. The molecule has 0 aliphatic heterocycles. The zero-order valence-corrected chi connectivity index (χ0v) is 10.9. The molecule has 0 spiro atoms. The molecule has 94 valence electrons. The average molecular weight is 226 g/mol. The van der Waals surface area contributed by atoms with Gasteiger partial charge in [-0.05, 0) is 31.6 Å². The van der Waals surface area contributed by atoms with Gasteiger partial charge in [-0.1, -0.05) is 33.6 Å². The van der Waals surface area contributed by atoms with Gasteiger partial charge in [0.2, 0.25) is 5.91 Å². The summed E-state index contributed by atoms with van der Waals surface area (Å²) in [4.78, 5) is 12.1. The molecule has 1 aliphatic rings. The van der Waals surface area contributed by atoms with Crippen LogP contribution in [0.3, 0.4) is 0 Å². The van der Waals surface area contributed by atoms with Crippen LogP contribution in [0.15, 0.2) is 0 Å². The van der Waals surface area contributed by atoms with E-state index in [0.717, 1.165) is 18.8 Å². The topological polar surface area (TPSA) is 55.1 Å². The summed E-state index contributed by atoms with van der Waals surface area (Å²) in [5.41, 5.74) is 5.41. The van der Waals surface area contributed by atoms with Crippen molar-refractivity contribution < 1.29 is 4.79 Å². The standard InChI is InChI=1S/C13H26N2O/c1-4-13(14,5-2)12(16)15-11-8-6-7-10(3)9-11/h10-11H,4-9,14H2,1-3H3,(H,15,16). The molecule has 0 heterocycles. The van der Waals surface area contributed by atoms with Crippen LogP contribution in [-0.2, 0) is 4.79 Å². The fourth-order valence-corrected chi connectivity index (χ4v) is 2.47. The van der Waals surface area contributed by atoms with Crippen LogP contribution in [0.5, 0.6) is 0 Å². The van der Waals surface area contributed by atoms with Crippen molar-refractivity contribution in [3.8, 4) is 0 Å². The second-order valence-electron chi connectivity index (χ2n) is 5.31. The van der Waals surface area contributed by atoms with E-state index in [4.69, 9.17) is 5.73 Å². The molecule has 0 aromatic rings. The summed E-state index contributed by atoms with van der Waals surface area (Å²) in [7, 11) is 0. The fourth-order valence-electron chi connectivity index (χ4n) is 2.47. The van der Waals surface area contributed by atoms with Gasteiger partial charge in [-0.15, -0.1) is 0 Å². The van der Waals surface area contributed by atoms with Crippen LogP contribution in [0, 0.1) is 5.92 Å². The monoisotopic (exact) mass is 226 g/mol. The number of nitrogens with two attached hydrogens (primary N) is 1. The quantitative estimate of drug-likeness (QED) is 0.772. The van der Waals surface area contributed by atoms with Gasteiger partial charge in [-0.25, -0.2) is 0 Å². The van der Waals surface area contributed by atoms with Crippen LogP contribution in [0.25, 0.3) is 0 Å². The number of carbonyl (C=O) groups excluding carboxylic acids is 1. The SMILES string of the molecule is CCC(N)(CC)C(=O)NC1CCCC(C)C1. The Kier molecular flexibility index (Phi) is 4.78. The largest absolute Gasteiger partial charge is 0.352 e. The Morgan fingerprint density at radius 2 is 2.00 bits per heavy atom. The first-order valence-corrected chi connectivity index (χ1v) is 6.61. The highest BCUT2D eigenvalue weighted by Crippen LogP contribution is 2.24.